The molecule has 1 aliphatic carbocycles. The first-order valence-electron chi connectivity index (χ1n) is 11.9. The number of nitrogens with zero attached hydrogens (tertiary/aromatic N) is 3. The van der Waals surface area contributed by atoms with Crippen LogP contribution in [0.2, 0.25) is 0 Å². The van der Waals surface area contributed by atoms with Crippen molar-refractivity contribution in [1.29, 1.82) is 5.26 Å². The molecule has 1 aromatic heterocycles. The number of nitriles is 1. The lowest BCUT2D eigenvalue weighted by Crippen LogP contribution is -2.42. The maximum Gasteiger partial charge on any atom is 0.331 e. The molecule has 10 heteroatoms. The Hall–Kier alpha value is -4.26. The number of aromatic nitrogens is 2. The second-order valence-corrected chi connectivity index (χ2v) is 8.72. The topological polar surface area (TPSA) is 126 Å². The molecule has 1 aliphatic rings. The van der Waals surface area contributed by atoms with E-state index in [1.807, 2.05) is 6.92 Å². The van der Waals surface area contributed by atoms with Crippen molar-refractivity contribution in [2.45, 2.75) is 52.2 Å². The van der Waals surface area contributed by atoms with Gasteiger partial charge in [-0.15, -0.1) is 0 Å². The van der Waals surface area contributed by atoms with E-state index in [0.717, 1.165) is 17.1 Å². The van der Waals surface area contributed by atoms with Gasteiger partial charge in [-0.2, -0.15) is 5.26 Å². The van der Waals surface area contributed by atoms with Crippen molar-refractivity contribution >= 4 is 28.4 Å². The highest BCUT2D eigenvalue weighted by atomic mass is 19.1. The van der Waals surface area contributed by atoms with Crippen molar-refractivity contribution in [2.24, 2.45) is 5.92 Å². The minimum absolute atomic E-state index is 0.0706. The third kappa shape index (κ3) is 4.52. The van der Waals surface area contributed by atoms with Crippen LogP contribution in [0.4, 0.5) is 10.1 Å². The predicted octanol–water partition coefficient (Wildman–Crippen LogP) is 2.75. The first-order chi connectivity index (χ1) is 17.3. The summed E-state index contributed by atoms with van der Waals surface area (Å²) >= 11 is 0. The maximum absolute atomic E-state index is 13.9. The van der Waals surface area contributed by atoms with E-state index in [1.54, 1.807) is 31.2 Å². The van der Waals surface area contributed by atoms with Crippen LogP contribution in [0.15, 0.2) is 46.0 Å². The van der Waals surface area contributed by atoms with Crippen molar-refractivity contribution in [3.63, 3.8) is 0 Å². The van der Waals surface area contributed by atoms with Gasteiger partial charge in [-0.1, -0.05) is 6.42 Å². The van der Waals surface area contributed by atoms with Crippen LogP contribution < -0.4 is 21.9 Å². The fourth-order valence-electron chi connectivity index (χ4n) is 4.77. The quantitative estimate of drug-likeness (QED) is 0.548. The molecule has 2 atom stereocenters. The highest BCUT2D eigenvalue weighted by Crippen LogP contribution is 2.28. The Bertz CT molecular complexity index is 1520. The van der Waals surface area contributed by atoms with Crippen molar-refractivity contribution in [3.8, 4) is 6.07 Å². The second kappa shape index (κ2) is 10.2. The fraction of sp³-hybridized carbons (Fsp3) is 0.346. The van der Waals surface area contributed by atoms with Crippen molar-refractivity contribution in [2.75, 3.05) is 5.32 Å². The molecule has 186 valence electrons. The van der Waals surface area contributed by atoms with Crippen LogP contribution in [-0.2, 0) is 17.9 Å². The number of carbonyl (C=O) groups is 2. The summed E-state index contributed by atoms with van der Waals surface area (Å²) < 4.78 is 16.6. The van der Waals surface area contributed by atoms with E-state index in [1.165, 1.54) is 16.7 Å². The number of hydrogen-bond acceptors (Lipinski definition) is 5. The zero-order valence-corrected chi connectivity index (χ0v) is 20.0. The normalized spacial score (nSPS) is 17.1. The summed E-state index contributed by atoms with van der Waals surface area (Å²) in [5.41, 5.74) is 0.0402. The van der Waals surface area contributed by atoms with Crippen LogP contribution in [-0.4, -0.2) is 27.0 Å². The van der Waals surface area contributed by atoms with Gasteiger partial charge in [0.15, 0.2) is 0 Å². The van der Waals surface area contributed by atoms with Crippen molar-refractivity contribution < 1.29 is 14.0 Å². The summed E-state index contributed by atoms with van der Waals surface area (Å²) in [7, 11) is 0. The van der Waals surface area contributed by atoms with E-state index in [0.29, 0.717) is 36.0 Å². The molecule has 0 bridgehead atoms. The standard InChI is InChI=1S/C26H26FN5O4/c1-3-31-22-11-10-17(13-19(22)25(35)32(4-2)26(31)36)29-24(34)18-6-5-7-21(18)30-23(33)15-8-9-16(14-28)20(27)12-15/h8-13,18,21H,3-7H2,1-2H3,(H,29,34)(H,30,33)/t18-,21+/m0/s1. The Balaban J connectivity index is 1.54. The third-order valence-electron chi connectivity index (χ3n) is 6.65. The number of amides is 2. The molecule has 36 heavy (non-hydrogen) atoms. The van der Waals surface area contributed by atoms with Gasteiger partial charge in [0, 0.05) is 30.4 Å². The molecule has 1 fully saturated rings. The van der Waals surface area contributed by atoms with Gasteiger partial charge in [-0.05, 0) is 63.1 Å². The Kier molecular flexibility index (Phi) is 7.01. The molecular weight excluding hydrogens is 465 g/mol. The molecule has 0 radical (unpaired) electrons. The Morgan fingerprint density at radius 3 is 2.50 bits per heavy atom. The van der Waals surface area contributed by atoms with E-state index in [4.69, 9.17) is 5.26 Å². The van der Waals surface area contributed by atoms with Gasteiger partial charge in [0.05, 0.1) is 22.4 Å². The van der Waals surface area contributed by atoms with Crippen LogP contribution in [0.5, 0.6) is 0 Å². The molecule has 2 amide bonds. The van der Waals surface area contributed by atoms with Gasteiger partial charge in [-0.25, -0.2) is 9.18 Å². The van der Waals surface area contributed by atoms with E-state index < -0.39 is 29.2 Å². The largest absolute Gasteiger partial charge is 0.349 e. The average Bonchev–Trinajstić information content (AvgIpc) is 3.33. The zero-order chi connectivity index (χ0) is 26.0. The van der Waals surface area contributed by atoms with Crippen LogP contribution in [0.25, 0.3) is 10.9 Å². The summed E-state index contributed by atoms with van der Waals surface area (Å²) in [4.78, 5) is 51.2. The van der Waals surface area contributed by atoms with Gasteiger partial charge in [0.1, 0.15) is 11.9 Å². The number of aryl methyl sites for hydroxylation is 1. The number of nitrogens with one attached hydrogen (secondary N) is 2. The molecule has 0 spiro atoms. The summed E-state index contributed by atoms with van der Waals surface area (Å²) in [5, 5.41) is 14.8. The van der Waals surface area contributed by atoms with Gasteiger partial charge in [-0.3, -0.25) is 23.5 Å². The van der Waals surface area contributed by atoms with Crippen LogP contribution in [0, 0.1) is 23.1 Å². The fourth-order valence-corrected chi connectivity index (χ4v) is 4.77. The molecule has 1 heterocycles. The molecule has 0 saturated heterocycles. The van der Waals surface area contributed by atoms with E-state index >= 15 is 0 Å². The van der Waals surface area contributed by atoms with E-state index in [2.05, 4.69) is 10.6 Å². The molecule has 9 nitrogen and oxygen atoms in total. The number of hydrogen-bond donors (Lipinski definition) is 2. The van der Waals surface area contributed by atoms with Crippen LogP contribution in [0.1, 0.15) is 49.0 Å². The Morgan fingerprint density at radius 1 is 1.08 bits per heavy atom. The lowest BCUT2D eigenvalue weighted by atomic mass is 10.0. The summed E-state index contributed by atoms with van der Waals surface area (Å²) in [6.45, 7) is 4.17. The molecule has 3 aromatic rings. The SMILES string of the molecule is CCn1c(=O)c2cc(NC(=O)[C@H]3CCC[C@H]3NC(=O)c3ccc(C#N)c(F)c3)ccc2n(CC)c1=O. The highest BCUT2D eigenvalue weighted by molar-refractivity contribution is 5.97. The minimum atomic E-state index is -0.780. The molecule has 0 unspecified atom stereocenters. The number of fused-ring (bicyclic) bond motifs is 1. The van der Waals surface area contributed by atoms with Gasteiger partial charge >= 0.3 is 5.69 Å². The lowest BCUT2D eigenvalue weighted by Gasteiger charge is -2.21. The Morgan fingerprint density at radius 2 is 1.83 bits per heavy atom. The predicted molar refractivity (Wildman–Crippen MR) is 132 cm³/mol. The van der Waals surface area contributed by atoms with E-state index in [-0.39, 0.29) is 29.3 Å². The number of benzene rings is 2. The van der Waals surface area contributed by atoms with Gasteiger partial charge in [0.2, 0.25) is 5.91 Å². The minimum Gasteiger partial charge on any atom is -0.349 e. The smallest absolute Gasteiger partial charge is 0.331 e. The van der Waals surface area contributed by atoms with Crippen molar-refractivity contribution in [1.82, 2.24) is 14.5 Å². The van der Waals surface area contributed by atoms with Crippen LogP contribution >= 0.6 is 0 Å². The first kappa shape index (κ1) is 24.9. The Labute approximate surface area is 206 Å². The molecule has 2 N–H and O–H groups in total. The number of halogens is 1. The van der Waals surface area contributed by atoms with Crippen LogP contribution in [0.3, 0.4) is 0 Å². The maximum atomic E-state index is 13.9. The van der Waals surface area contributed by atoms with E-state index in [9.17, 15) is 23.6 Å². The highest BCUT2D eigenvalue weighted by Gasteiger charge is 2.34. The number of rotatable bonds is 6. The van der Waals surface area contributed by atoms with Gasteiger partial charge < -0.3 is 10.6 Å². The summed E-state index contributed by atoms with van der Waals surface area (Å²) in [6, 6.07) is 9.74. The average molecular weight is 492 g/mol. The number of carbonyl (C=O) groups excluding carboxylic acids is 2. The molecule has 4 rings (SSSR count). The van der Waals surface area contributed by atoms with Gasteiger partial charge in [0.25, 0.3) is 11.5 Å². The molecule has 1 saturated carbocycles. The first-order valence-corrected chi connectivity index (χ1v) is 11.9. The monoisotopic (exact) mass is 491 g/mol. The number of anilines is 1. The third-order valence-corrected chi connectivity index (χ3v) is 6.65. The molecule has 0 aliphatic heterocycles. The molecular formula is C26H26FN5O4. The summed E-state index contributed by atoms with van der Waals surface area (Å²) in [6.07, 6.45) is 1.88. The lowest BCUT2D eigenvalue weighted by molar-refractivity contribution is -0.120. The zero-order valence-electron chi connectivity index (χ0n) is 20.0. The second-order valence-electron chi connectivity index (χ2n) is 8.72. The van der Waals surface area contributed by atoms with Crippen molar-refractivity contribution in [3.05, 3.63) is 74.2 Å². The molecule has 2 aromatic carbocycles. The summed E-state index contributed by atoms with van der Waals surface area (Å²) in [5.74, 6) is -2.11.